The summed E-state index contributed by atoms with van der Waals surface area (Å²) in [5, 5.41) is 2.75. The van der Waals surface area contributed by atoms with E-state index >= 15 is 0 Å². The Labute approximate surface area is 101 Å². The summed E-state index contributed by atoms with van der Waals surface area (Å²) < 4.78 is 10.7. The molecule has 1 aromatic carbocycles. The van der Waals surface area contributed by atoms with Gasteiger partial charge in [-0.2, -0.15) is 0 Å². The zero-order valence-corrected chi connectivity index (χ0v) is 9.89. The summed E-state index contributed by atoms with van der Waals surface area (Å²) in [6, 6.07) is 9.69. The molecule has 0 aromatic heterocycles. The van der Waals surface area contributed by atoms with Gasteiger partial charge in [0.25, 0.3) is 0 Å². The van der Waals surface area contributed by atoms with Gasteiger partial charge in [0, 0.05) is 6.61 Å². The summed E-state index contributed by atoms with van der Waals surface area (Å²) in [7, 11) is 0. The maximum absolute atomic E-state index is 11.5. The van der Waals surface area contributed by atoms with Crippen LogP contribution >= 0.6 is 0 Å². The fourth-order valence-corrected chi connectivity index (χ4v) is 1.86. The van der Waals surface area contributed by atoms with Crippen molar-refractivity contribution < 1.29 is 14.3 Å². The highest BCUT2D eigenvalue weighted by Crippen LogP contribution is 2.27. The summed E-state index contributed by atoms with van der Waals surface area (Å²) >= 11 is 0. The second-order valence-corrected chi connectivity index (χ2v) is 3.89. The average Bonchev–Trinajstić information content (AvgIpc) is 2.34. The number of carbonyl (C=O) groups excluding carboxylic acids is 1. The van der Waals surface area contributed by atoms with E-state index in [0.29, 0.717) is 19.8 Å². The van der Waals surface area contributed by atoms with E-state index in [1.165, 1.54) is 0 Å². The van der Waals surface area contributed by atoms with Crippen LogP contribution in [0.2, 0.25) is 0 Å². The minimum atomic E-state index is -0.217. The number of β-lactam (4-membered cyclic amide) rings is 1. The third kappa shape index (κ3) is 2.84. The number of rotatable bonds is 6. The molecule has 2 atom stereocenters. The van der Waals surface area contributed by atoms with Crippen molar-refractivity contribution in [3.05, 3.63) is 35.9 Å². The number of hydrogen-bond donors (Lipinski definition) is 1. The molecule has 92 valence electrons. The van der Waals surface area contributed by atoms with Crippen LogP contribution in [0.3, 0.4) is 0 Å². The van der Waals surface area contributed by atoms with Crippen molar-refractivity contribution >= 4 is 5.91 Å². The number of hydrogen-bond acceptors (Lipinski definition) is 3. The van der Waals surface area contributed by atoms with Crippen molar-refractivity contribution in [1.29, 1.82) is 0 Å². The van der Waals surface area contributed by atoms with Gasteiger partial charge in [-0.25, -0.2) is 0 Å². The highest BCUT2D eigenvalue weighted by molar-refractivity contribution is 5.90. The van der Waals surface area contributed by atoms with Gasteiger partial charge in [0.05, 0.1) is 13.2 Å². The largest absolute Gasteiger partial charge is 0.379 e. The minimum absolute atomic E-state index is 0.0256. The zero-order valence-electron chi connectivity index (χ0n) is 9.89. The number of benzene rings is 1. The molecule has 1 fully saturated rings. The molecule has 0 radical (unpaired) electrons. The maximum Gasteiger partial charge on any atom is 0.234 e. The Morgan fingerprint density at radius 2 is 2.00 bits per heavy atom. The van der Waals surface area contributed by atoms with Crippen LogP contribution in [0, 0.1) is 0 Å². The molecule has 4 heteroatoms. The SMILES string of the molecule is CCOCCOC1NC(=O)C1c1ccccc1. The van der Waals surface area contributed by atoms with Crippen LogP contribution < -0.4 is 5.32 Å². The summed E-state index contributed by atoms with van der Waals surface area (Å²) in [5.41, 5.74) is 0.998. The summed E-state index contributed by atoms with van der Waals surface area (Å²) in [4.78, 5) is 11.5. The first-order chi connectivity index (χ1) is 8.33. The molecule has 0 saturated carbocycles. The molecule has 1 N–H and O–H groups in total. The first kappa shape index (κ1) is 12.1. The predicted molar refractivity (Wildman–Crippen MR) is 63.6 cm³/mol. The lowest BCUT2D eigenvalue weighted by molar-refractivity contribution is -0.146. The number of ether oxygens (including phenoxy) is 2. The van der Waals surface area contributed by atoms with E-state index in [2.05, 4.69) is 5.32 Å². The van der Waals surface area contributed by atoms with Crippen LogP contribution in [0.4, 0.5) is 0 Å². The van der Waals surface area contributed by atoms with E-state index in [0.717, 1.165) is 5.56 Å². The first-order valence-corrected chi connectivity index (χ1v) is 5.87. The Morgan fingerprint density at radius 1 is 1.24 bits per heavy atom. The molecule has 1 aliphatic heterocycles. The highest BCUT2D eigenvalue weighted by atomic mass is 16.5. The van der Waals surface area contributed by atoms with E-state index in [9.17, 15) is 4.79 Å². The molecule has 2 rings (SSSR count). The standard InChI is InChI=1S/C13H17NO3/c1-2-16-8-9-17-13-11(12(15)14-13)10-6-4-3-5-7-10/h3-7,11,13H,2,8-9H2,1H3,(H,14,15). The van der Waals surface area contributed by atoms with Crippen molar-refractivity contribution in [3.63, 3.8) is 0 Å². The monoisotopic (exact) mass is 235 g/mol. The zero-order chi connectivity index (χ0) is 12.1. The van der Waals surface area contributed by atoms with Crippen LogP contribution in [0.5, 0.6) is 0 Å². The van der Waals surface area contributed by atoms with Gasteiger partial charge in [0.1, 0.15) is 12.1 Å². The number of amides is 1. The lowest BCUT2D eigenvalue weighted by Crippen LogP contribution is -2.57. The molecule has 1 amide bonds. The lowest BCUT2D eigenvalue weighted by Gasteiger charge is -2.36. The van der Waals surface area contributed by atoms with Crippen molar-refractivity contribution in [3.8, 4) is 0 Å². The third-order valence-electron chi connectivity index (χ3n) is 2.76. The first-order valence-electron chi connectivity index (χ1n) is 5.87. The molecule has 1 heterocycles. The second-order valence-electron chi connectivity index (χ2n) is 3.89. The van der Waals surface area contributed by atoms with Gasteiger partial charge >= 0.3 is 0 Å². The van der Waals surface area contributed by atoms with E-state index in [1.54, 1.807) is 0 Å². The predicted octanol–water partition coefficient (Wildman–Crippen LogP) is 1.28. The van der Waals surface area contributed by atoms with Crippen molar-refractivity contribution in [2.45, 2.75) is 19.1 Å². The third-order valence-corrected chi connectivity index (χ3v) is 2.76. The Bertz CT molecular complexity index is 366. The smallest absolute Gasteiger partial charge is 0.234 e. The number of nitrogens with one attached hydrogen (secondary N) is 1. The van der Waals surface area contributed by atoms with Gasteiger partial charge in [-0.1, -0.05) is 30.3 Å². The Hall–Kier alpha value is -1.39. The van der Waals surface area contributed by atoms with E-state index in [1.807, 2.05) is 37.3 Å². The molecule has 0 bridgehead atoms. The van der Waals surface area contributed by atoms with Crippen molar-refractivity contribution in [1.82, 2.24) is 5.32 Å². The topological polar surface area (TPSA) is 47.6 Å². The fraction of sp³-hybridized carbons (Fsp3) is 0.462. The second kappa shape index (κ2) is 5.80. The molecule has 0 aliphatic carbocycles. The Morgan fingerprint density at radius 3 is 2.65 bits per heavy atom. The quantitative estimate of drug-likeness (QED) is 0.597. The number of carbonyl (C=O) groups is 1. The molecular weight excluding hydrogens is 218 g/mol. The van der Waals surface area contributed by atoms with Gasteiger partial charge in [-0.3, -0.25) is 4.79 Å². The highest BCUT2D eigenvalue weighted by Gasteiger charge is 2.41. The molecule has 1 aliphatic rings. The lowest BCUT2D eigenvalue weighted by atomic mass is 9.90. The molecule has 1 aromatic rings. The van der Waals surface area contributed by atoms with E-state index in [4.69, 9.17) is 9.47 Å². The summed E-state index contributed by atoms with van der Waals surface area (Å²) in [6.45, 7) is 3.69. The van der Waals surface area contributed by atoms with Gasteiger partial charge in [0.15, 0.2) is 0 Å². The average molecular weight is 235 g/mol. The Balaban J connectivity index is 1.86. The van der Waals surface area contributed by atoms with E-state index in [-0.39, 0.29) is 18.1 Å². The maximum atomic E-state index is 11.5. The van der Waals surface area contributed by atoms with Crippen molar-refractivity contribution in [2.24, 2.45) is 0 Å². The van der Waals surface area contributed by atoms with Gasteiger partial charge in [0.2, 0.25) is 5.91 Å². The van der Waals surface area contributed by atoms with Crippen molar-refractivity contribution in [2.75, 3.05) is 19.8 Å². The Kier molecular flexibility index (Phi) is 4.12. The molecule has 17 heavy (non-hydrogen) atoms. The van der Waals surface area contributed by atoms with E-state index < -0.39 is 0 Å². The van der Waals surface area contributed by atoms with Crippen LogP contribution in [0.25, 0.3) is 0 Å². The van der Waals surface area contributed by atoms with Gasteiger partial charge in [-0.15, -0.1) is 0 Å². The minimum Gasteiger partial charge on any atom is -0.379 e. The van der Waals surface area contributed by atoms with Crippen LogP contribution in [-0.4, -0.2) is 32.0 Å². The molecular formula is C13H17NO3. The fourth-order valence-electron chi connectivity index (χ4n) is 1.86. The summed E-state index contributed by atoms with van der Waals surface area (Å²) in [6.07, 6.45) is -0.217. The van der Waals surface area contributed by atoms with Gasteiger partial charge in [-0.05, 0) is 12.5 Å². The van der Waals surface area contributed by atoms with Crippen LogP contribution in [0.15, 0.2) is 30.3 Å². The molecule has 4 nitrogen and oxygen atoms in total. The van der Waals surface area contributed by atoms with Crippen LogP contribution in [0.1, 0.15) is 18.4 Å². The molecule has 0 spiro atoms. The molecule has 1 saturated heterocycles. The van der Waals surface area contributed by atoms with Gasteiger partial charge < -0.3 is 14.8 Å². The molecule has 2 unspecified atom stereocenters. The van der Waals surface area contributed by atoms with Crippen LogP contribution in [-0.2, 0) is 14.3 Å². The normalized spacial score (nSPS) is 23.0. The summed E-state index contributed by atoms with van der Waals surface area (Å²) in [5.74, 6) is -0.157.